The van der Waals surface area contributed by atoms with Gasteiger partial charge in [-0.05, 0) is 42.2 Å². The van der Waals surface area contributed by atoms with E-state index < -0.39 is 5.97 Å². The van der Waals surface area contributed by atoms with E-state index in [-0.39, 0.29) is 24.5 Å². The van der Waals surface area contributed by atoms with Crippen molar-refractivity contribution in [1.82, 2.24) is 4.90 Å². The lowest BCUT2D eigenvalue weighted by Crippen LogP contribution is -2.34. The van der Waals surface area contributed by atoms with Crippen molar-refractivity contribution in [2.45, 2.75) is 38.7 Å². The van der Waals surface area contributed by atoms with Gasteiger partial charge in [-0.25, -0.2) is 4.79 Å². The van der Waals surface area contributed by atoms with Crippen molar-refractivity contribution in [3.8, 4) is 0 Å². The van der Waals surface area contributed by atoms with E-state index >= 15 is 0 Å². The zero-order valence-corrected chi connectivity index (χ0v) is 16.0. The lowest BCUT2D eigenvalue weighted by Gasteiger charge is -2.31. The second-order valence-electron chi connectivity index (χ2n) is 7.61. The van der Waals surface area contributed by atoms with Gasteiger partial charge in [0.1, 0.15) is 6.61 Å². The summed E-state index contributed by atoms with van der Waals surface area (Å²) in [6.07, 6.45) is 2.74. The van der Waals surface area contributed by atoms with E-state index in [1.807, 2.05) is 60.7 Å². The van der Waals surface area contributed by atoms with E-state index in [4.69, 9.17) is 4.74 Å². The highest BCUT2D eigenvalue weighted by atomic mass is 16.6. The molecule has 5 heteroatoms. The standard InChI is InChI=1S/C23H27NO4/c25-21(26)17-23(16-19-8-3-1-4-9-19)12-7-14-24(15-13-23)22(27)28-18-20-10-5-2-6-11-20/h1-6,8-11H,7,12-18H2,(H,25,26). The number of nitrogens with zero attached hydrogens (tertiary/aromatic N) is 1. The van der Waals surface area contributed by atoms with Crippen LogP contribution in [0.4, 0.5) is 4.79 Å². The molecule has 1 unspecified atom stereocenters. The monoisotopic (exact) mass is 381 g/mol. The molecule has 0 saturated carbocycles. The highest BCUT2D eigenvalue weighted by Gasteiger charge is 2.36. The van der Waals surface area contributed by atoms with Crippen LogP contribution in [0.5, 0.6) is 0 Å². The molecule has 5 nitrogen and oxygen atoms in total. The Morgan fingerprint density at radius 1 is 0.929 bits per heavy atom. The molecule has 1 heterocycles. The SMILES string of the molecule is O=C(O)CC1(Cc2ccccc2)CCCN(C(=O)OCc2ccccc2)CC1. The minimum absolute atomic E-state index is 0.120. The number of ether oxygens (including phenoxy) is 1. The number of hydrogen-bond donors (Lipinski definition) is 1. The molecule has 2 aromatic carbocycles. The van der Waals surface area contributed by atoms with Gasteiger partial charge in [0, 0.05) is 13.1 Å². The first kappa shape index (κ1) is 19.9. The van der Waals surface area contributed by atoms with Crippen LogP contribution in [0.1, 0.15) is 36.8 Å². The van der Waals surface area contributed by atoms with Gasteiger partial charge in [0.15, 0.2) is 0 Å². The van der Waals surface area contributed by atoms with Crippen LogP contribution in [0.3, 0.4) is 0 Å². The Hall–Kier alpha value is -2.82. The number of carbonyl (C=O) groups is 2. The van der Waals surface area contributed by atoms with Gasteiger partial charge < -0.3 is 14.7 Å². The van der Waals surface area contributed by atoms with Gasteiger partial charge in [-0.15, -0.1) is 0 Å². The van der Waals surface area contributed by atoms with Crippen LogP contribution < -0.4 is 0 Å². The molecule has 3 rings (SSSR count). The zero-order valence-electron chi connectivity index (χ0n) is 16.0. The van der Waals surface area contributed by atoms with Crippen LogP contribution >= 0.6 is 0 Å². The minimum atomic E-state index is -0.781. The molecular weight excluding hydrogens is 354 g/mol. The Balaban J connectivity index is 1.63. The third-order valence-corrected chi connectivity index (χ3v) is 5.46. The number of likely N-dealkylation sites (tertiary alicyclic amines) is 1. The summed E-state index contributed by atoms with van der Waals surface area (Å²) in [6.45, 7) is 1.37. The van der Waals surface area contributed by atoms with Gasteiger partial charge in [-0.1, -0.05) is 60.7 Å². The van der Waals surface area contributed by atoms with E-state index in [9.17, 15) is 14.7 Å². The third-order valence-electron chi connectivity index (χ3n) is 5.46. The maximum Gasteiger partial charge on any atom is 0.410 e. The molecule has 1 atom stereocenters. The molecular formula is C23H27NO4. The van der Waals surface area contributed by atoms with E-state index in [1.54, 1.807) is 4.90 Å². The van der Waals surface area contributed by atoms with Crippen LogP contribution in [0.2, 0.25) is 0 Å². The van der Waals surface area contributed by atoms with E-state index in [0.29, 0.717) is 25.9 Å². The second-order valence-corrected chi connectivity index (χ2v) is 7.61. The predicted octanol–water partition coefficient (Wildman–Crippen LogP) is 4.51. The largest absolute Gasteiger partial charge is 0.481 e. The highest BCUT2D eigenvalue weighted by Crippen LogP contribution is 2.38. The molecule has 1 aliphatic rings. The van der Waals surface area contributed by atoms with Crippen molar-refractivity contribution in [3.05, 3.63) is 71.8 Å². The molecule has 1 N–H and O–H groups in total. The first-order valence-corrected chi connectivity index (χ1v) is 9.78. The first-order valence-electron chi connectivity index (χ1n) is 9.78. The maximum atomic E-state index is 12.5. The number of hydrogen-bond acceptors (Lipinski definition) is 3. The Kier molecular flexibility index (Phi) is 6.69. The Labute approximate surface area is 165 Å². The summed E-state index contributed by atoms with van der Waals surface area (Å²) < 4.78 is 5.46. The number of carboxylic acid groups (broad SMARTS) is 1. The number of benzene rings is 2. The van der Waals surface area contributed by atoms with Crippen LogP contribution in [-0.4, -0.2) is 35.2 Å². The Morgan fingerprint density at radius 3 is 2.21 bits per heavy atom. The first-order chi connectivity index (χ1) is 13.6. The van der Waals surface area contributed by atoms with Crippen molar-refractivity contribution >= 4 is 12.1 Å². The normalized spacial score (nSPS) is 19.6. The maximum absolute atomic E-state index is 12.5. The summed E-state index contributed by atoms with van der Waals surface area (Å²) in [5.41, 5.74) is 1.76. The quantitative estimate of drug-likeness (QED) is 0.799. The molecule has 1 saturated heterocycles. The average molecular weight is 381 g/mol. The van der Waals surface area contributed by atoms with E-state index in [0.717, 1.165) is 24.0 Å². The van der Waals surface area contributed by atoms with Crippen LogP contribution in [0, 0.1) is 5.41 Å². The highest BCUT2D eigenvalue weighted by molar-refractivity contribution is 5.68. The van der Waals surface area contributed by atoms with Gasteiger partial charge in [-0.3, -0.25) is 4.79 Å². The fourth-order valence-electron chi connectivity index (χ4n) is 4.01. The van der Waals surface area contributed by atoms with Crippen molar-refractivity contribution in [1.29, 1.82) is 0 Å². The lowest BCUT2D eigenvalue weighted by molar-refractivity contribution is -0.140. The average Bonchev–Trinajstić information content (AvgIpc) is 2.90. The summed E-state index contributed by atoms with van der Waals surface area (Å²) in [7, 11) is 0. The molecule has 0 bridgehead atoms. The zero-order chi connectivity index (χ0) is 19.8. The van der Waals surface area contributed by atoms with E-state index in [2.05, 4.69) is 0 Å². The molecule has 0 aliphatic carbocycles. The number of rotatable bonds is 6. The molecule has 0 aromatic heterocycles. The molecule has 2 aromatic rings. The summed E-state index contributed by atoms with van der Waals surface area (Å²) in [6, 6.07) is 19.6. The predicted molar refractivity (Wildman–Crippen MR) is 107 cm³/mol. The summed E-state index contributed by atoms with van der Waals surface area (Å²) in [5, 5.41) is 9.48. The Bertz CT molecular complexity index is 778. The summed E-state index contributed by atoms with van der Waals surface area (Å²) in [4.78, 5) is 25.8. The van der Waals surface area contributed by atoms with Crippen molar-refractivity contribution in [2.75, 3.05) is 13.1 Å². The van der Waals surface area contributed by atoms with Gasteiger partial charge in [0.2, 0.25) is 0 Å². The van der Waals surface area contributed by atoms with Crippen molar-refractivity contribution in [3.63, 3.8) is 0 Å². The fraction of sp³-hybridized carbons (Fsp3) is 0.391. The second kappa shape index (κ2) is 9.40. The van der Waals surface area contributed by atoms with Crippen LogP contribution in [0.15, 0.2) is 60.7 Å². The van der Waals surface area contributed by atoms with Crippen LogP contribution in [-0.2, 0) is 22.6 Å². The molecule has 0 spiro atoms. The smallest absolute Gasteiger partial charge is 0.410 e. The van der Waals surface area contributed by atoms with E-state index in [1.165, 1.54) is 0 Å². The molecule has 28 heavy (non-hydrogen) atoms. The molecule has 148 valence electrons. The number of amides is 1. The summed E-state index contributed by atoms with van der Waals surface area (Å²) >= 11 is 0. The van der Waals surface area contributed by atoms with Crippen molar-refractivity contribution in [2.24, 2.45) is 5.41 Å². The number of aliphatic carboxylic acids is 1. The van der Waals surface area contributed by atoms with Gasteiger partial charge in [0.25, 0.3) is 0 Å². The lowest BCUT2D eigenvalue weighted by atomic mass is 9.73. The van der Waals surface area contributed by atoms with Crippen molar-refractivity contribution < 1.29 is 19.4 Å². The number of carboxylic acids is 1. The Morgan fingerprint density at radius 2 is 1.57 bits per heavy atom. The van der Waals surface area contributed by atoms with Gasteiger partial charge in [-0.2, -0.15) is 0 Å². The summed E-state index contributed by atoms with van der Waals surface area (Å²) in [5.74, 6) is -0.781. The molecule has 1 amide bonds. The molecule has 1 aliphatic heterocycles. The van der Waals surface area contributed by atoms with Gasteiger partial charge >= 0.3 is 12.1 Å². The van der Waals surface area contributed by atoms with Gasteiger partial charge in [0.05, 0.1) is 6.42 Å². The van der Waals surface area contributed by atoms with Crippen LogP contribution in [0.25, 0.3) is 0 Å². The molecule has 1 fully saturated rings. The topological polar surface area (TPSA) is 66.8 Å². The minimum Gasteiger partial charge on any atom is -0.481 e. The molecule has 0 radical (unpaired) electrons. The number of carbonyl (C=O) groups excluding carboxylic acids is 1. The fourth-order valence-corrected chi connectivity index (χ4v) is 4.01. The third kappa shape index (κ3) is 5.59.